The van der Waals surface area contributed by atoms with Crippen LogP contribution in [0.15, 0.2) is 30.3 Å². The van der Waals surface area contributed by atoms with Gasteiger partial charge >= 0.3 is 0 Å². The van der Waals surface area contributed by atoms with Gasteiger partial charge in [-0.15, -0.1) is 11.3 Å². The topological polar surface area (TPSA) is 71.5 Å². The van der Waals surface area contributed by atoms with Crippen LogP contribution in [-0.4, -0.2) is 41.9 Å². The van der Waals surface area contributed by atoms with Crippen LogP contribution in [0.5, 0.6) is 5.75 Å². The Kier molecular flexibility index (Phi) is 5.72. The van der Waals surface area contributed by atoms with Gasteiger partial charge in [-0.25, -0.2) is 4.98 Å². The highest BCUT2D eigenvalue weighted by molar-refractivity contribution is 7.21. The third-order valence-corrected chi connectivity index (χ3v) is 6.46. The van der Waals surface area contributed by atoms with E-state index in [4.69, 9.17) is 9.72 Å². The van der Waals surface area contributed by atoms with Gasteiger partial charge in [0, 0.05) is 31.0 Å². The fourth-order valence-electron chi connectivity index (χ4n) is 3.88. The average Bonchev–Trinajstić information content (AvgIpc) is 3.12. The molecule has 1 fully saturated rings. The Labute approximate surface area is 179 Å². The number of fused-ring (bicyclic) bond motifs is 1. The van der Waals surface area contributed by atoms with Crippen molar-refractivity contribution in [3.63, 3.8) is 0 Å². The summed E-state index contributed by atoms with van der Waals surface area (Å²) in [6.45, 7) is 4.98. The van der Waals surface area contributed by atoms with Gasteiger partial charge in [0.25, 0.3) is 5.91 Å². The summed E-state index contributed by atoms with van der Waals surface area (Å²) in [6.07, 6.45) is 3.19. The number of methoxy groups -OCH3 is 1. The predicted octanol–water partition coefficient (Wildman–Crippen LogP) is 4.86. The number of hydrogen-bond donors (Lipinski definition) is 1. The first-order valence-electron chi connectivity index (χ1n) is 10.1. The maximum absolute atomic E-state index is 13.3. The van der Waals surface area contributed by atoms with Gasteiger partial charge in [0.1, 0.15) is 15.5 Å². The average molecular weight is 424 g/mol. The number of nitrogens with zero attached hydrogens (tertiary/aromatic N) is 2. The minimum atomic E-state index is -0.193. The van der Waals surface area contributed by atoms with Crippen molar-refractivity contribution in [2.75, 3.05) is 25.5 Å². The van der Waals surface area contributed by atoms with Crippen molar-refractivity contribution in [3.8, 4) is 17.0 Å². The number of carbonyl (C=O) groups is 2. The highest BCUT2D eigenvalue weighted by Crippen LogP contribution is 2.39. The smallest absolute Gasteiger partial charge is 0.266 e. The molecule has 4 rings (SSSR count). The summed E-state index contributed by atoms with van der Waals surface area (Å²) < 4.78 is 5.24. The van der Waals surface area contributed by atoms with E-state index in [0.29, 0.717) is 10.6 Å². The Morgan fingerprint density at radius 1 is 1.13 bits per heavy atom. The molecule has 0 atom stereocenters. The maximum atomic E-state index is 13.3. The van der Waals surface area contributed by atoms with Gasteiger partial charge in [-0.1, -0.05) is 0 Å². The lowest BCUT2D eigenvalue weighted by Crippen LogP contribution is -2.35. The summed E-state index contributed by atoms with van der Waals surface area (Å²) in [7, 11) is 1.64. The van der Waals surface area contributed by atoms with E-state index < -0.39 is 0 Å². The highest BCUT2D eigenvalue weighted by Gasteiger charge is 2.26. The van der Waals surface area contributed by atoms with Crippen molar-refractivity contribution in [2.24, 2.45) is 0 Å². The molecule has 1 aliphatic heterocycles. The normalized spacial score (nSPS) is 14.0. The molecule has 0 saturated carbocycles. The largest absolute Gasteiger partial charge is 0.497 e. The summed E-state index contributed by atoms with van der Waals surface area (Å²) in [5, 5.41) is 3.74. The zero-order chi connectivity index (χ0) is 21.3. The Morgan fingerprint density at radius 2 is 1.83 bits per heavy atom. The number of rotatable bonds is 4. The summed E-state index contributed by atoms with van der Waals surface area (Å²) >= 11 is 1.36. The fourth-order valence-corrected chi connectivity index (χ4v) is 5.05. The molecule has 7 heteroatoms. The molecule has 30 heavy (non-hydrogen) atoms. The second-order valence-electron chi connectivity index (χ2n) is 7.57. The number of anilines is 1. The van der Waals surface area contributed by atoms with Gasteiger partial charge < -0.3 is 15.0 Å². The maximum Gasteiger partial charge on any atom is 0.266 e. The molecular weight excluding hydrogens is 398 g/mol. The number of ether oxygens (including phenoxy) is 1. The Morgan fingerprint density at radius 3 is 2.47 bits per heavy atom. The molecule has 3 aromatic rings. The van der Waals surface area contributed by atoms with E-state index in [2.05, 4.69) is 5.32 Å². The van der Waals surface area contributed by atoms with Crippen molar-refractivity contribution in [1.29, 1.82) is 0 Å². The van der Waals surface area contributed by atoms with Gasteiger partial charge in [0.15, 0.2) is 0 Å². The van der Waals surface area contributed by atoms with E-state index in [1.807, 2.05) is 42.2 Å². The number of amides is 2. The van der Waals surface area contributed by atoms with Gasteiger partial charge in [0.2, 0.25) is 5.91 Å². The summed E-state index contributed by atoms with van der Waals surface area (Å²) in [5.41, 5.74) is 3.36. The van der Waals surface area contributed by atoms with Gasteiger partial charge in [-0.05, 0) is 62.1 Å². The van der Waals surface area contributed by atoms with E-state index in [9.17, 15) is 9.59 Å². The van der Waals surface area contributed by atoms with Crippen molar-refractivity contribution in [3.05, 3.63) is 40.8 Å². The SMILES string of the molecule is COc1ccc(-c2cc(C)c3c(NC(C)=O)c(C(=O)N4CCCCC4)sc3n2)cc1. The monoisotopic (exact) mass is 423 g/mol. The molecule has 0 spiro atoms. The second-order valence-corrected chi connectivity index (χ2v) is 8.57. The number of carbonyl (C=O) groups excluding carboxylic acids is 2. The third kappa shape index (κ3) is 3.89. The number of piperidine rings is 1. The summed E-state index contributed by atoms with van der Waals surface area (Å²) in [4.78, 5) is 33.2. The van der Waals surface area contributed by atoms with E-state index in [-0.39, 0.29) is 11.8 Å². The molecule has 0 radical (unpaired) electrons. The number of pyridine rings is 1. The van der Waals surface area contributed by atoms with Gasteiger partial charge in [-0.3, -0.25) is 9.59 Å². The van der Waals surface area contributed by atoms with Crippen LogP contribution in [0, 0.1) is 6.92 Å². The van der Waals surface area contributed by atoms with E-state index in [1.54, 1.807) is 7.11 Å². The standard InChI is InChI=1S/C23H25N3O3S/c1-14-13-18(16-7-9-17(29-3)10-8-16)25-22-19(14)20(24-15(2)27)21(30-22)23(28)26-11-5-4-6-12-26/h7-10,13H,4-6,11-12H2,1-3H3,(H,24,27). The molecule has 0 bridgehead atoms. The van der Waals surface area contributed by atoms with Crippen LogP contribution < -0.4 is 10.1 Å². The van der Waals surface area contributed by atoms with Crippen LogP contribution in [0.2, 0.25) is 0 Å². The molecule has 2 aromatic heterocycles. The number of likely N-dealkylation sites (tertiary alicyclic amines) is 1. The number of thiophene rings is 1. The molecule has 156 valence electrons. The van der Waals surface area contributed by atoms with E-state index in [1.165, 1.54) is 18.3 Å². The number of hydrogen-bond acceptors (Lipinski definition) is 5. The second kappa shape index (κ2) is 8.44. The highest BCUT2D eigenvalue weighted by atomic mass is 32.1. The summed E-state index contributed by atoms with van der Waals surface area (Å²) in [5.74, 6) is 0.572. The predicted molar refractivity (Wildman–Crippen MR) is 120 cm³/mol. The van der Waals surface area contributed by atoms with Crippen LogP contribution in [-0.2, 0) is 4.79 Å². The minimum absolute atomic E-state index is 0.0214. The minimum Gasteiger partial charge on any atom is -0.497 e. The van der Waals surface area contributed by atoms with Crippen molar-refractivity contribution in [1.82, 2.24) is 9.88 Å². The lowest BCUT2D eigenvalue weighted by Gasteiger charge is -2.26. The molecular formula is C23H25N3O3S. The molecule has 1 aliphatic rings. The Balaban J connectivity index is 1.82. The zero-order valence-corrected chi connectivity index (χ0v) is 18.3. The lowest BCUT2D eigenvalue weighted by molar-refractivity contribution is -0.114. The van der Waals surface area contributed by atoms with E-state index in [0.717, 1.165) is 65.1 Å². The Bertz CT molecular complexity index is 1100. The van der Waals surface area contributed by atoms with Crippen molar-refractivity contribution in [2.45, 2.75) is 33.1 Å². The number of aromatic nitrogens is 1. The molecule has 0 aliphatic carbocycles. The van der Waals surface area contributed by atoms with Crippen LogP contribution in [0.3, 0.4) is 0 Å². The first-order valence-corrected chi connectivity index (χ1v) is 10.9. The third-order valence-electron chi connectivity index (χ3n) is 5.38. The number of aryl methyl sites for hydroxylation is 1. The van der Waals surface area contributed by atoms with Gasteiger partial charge in [0.05, 0.1) is 18.5 Å². The fraction of sp³-hybridized carbons (Fsp3) is 0.348. The molecule has 1 N–H and O–H groups in total. The molecule has 2 amide bonds. The number of benzene rings is 1. The lowest BCUT2D eigenvalue weighted by atomic mass is 10.1. The molecule has 3 heterocycles. The molecule has 6 nitrogen and oxygen atoms in total. The van der Waals surface area contributed by atoms with Crippen LogP contribution in [0.25, 0.3) is 21.5 Å². The summed E-state index contributed by atoms with van der Waals surface area (Å²) in [6, 6.07) is 9.73. The van der Waals surface area contributed by atoms with Crippen molar-refractivity contribution < 1.29 is 14.3 Å². The van der Waals surface area contributed by atoms with Crippen LogP contribution >= 0.6 is 11.3 Å². The molecule has 1 saturated heterocycles. The quantitative estimate of drug-likeness (QED) is 0.650. The first kappa shape index (κ1) is 20.3. The van der Waals surface area contributed by atoms with Crippen molar-refractivity contribution >= 4 is 39.1 Å². The van der Waals surface area contributed by atoms with Crippen LogP contribution in [0.1, 0.15) is 41.4 Å². The van der Waals surface area contributed by atoms with Crippen LogP contribution in [0.4, 0.5) is 5.69 Å². The van der Waals surface area contributed by atoms with Gasteiger partial charge in [-0.2, -0.15) is 0 Å². The van der Waals surface area contributed by atoms with E-state index >= 15 is 0 Å². The zero-order valence-electron chi connectivity index (χ0n) is 17.4. The molecule has 1 aromatic carbocycles. The molecule has 0 unspecified atom stereocenters. The first-order chi connectivity index (χ1) is 14.5. The number of nitrogens with one attached hydrogen (secondary N) is 1. The Hall–Kier alpha value is -2.93.